The lowest BCUT2D eigenvalue weighted by molar-refractivity contribution is 0.0855. The summed E-state index contributed by atoms with van der Waals surface area (Å²) in [6, 6.07) is 5.15. The number of amides is 1. The molecule has 0 aromatic heterocycles. The second kappa shape index (κ2) is 5.19. The van der Waals surface area contributed by atoms with Crippen LogP contribution in [0.3, 0.4) is 0 Å². The lowest BCUT2D eigenvalue weighted by atomic mass is 10.1. The number of carbonyl (C=O) groups is 1. The van der Waals surface area contributed by atoms with Crippen molar-refractivity contribution in [2.75, 3.05) is 13.2 Å². The van der Waals surface area contributed by atoms with E-state index in [9.17, 15) is 9.90 Å². The number of nitrogens with one attached hydrogen (secondary N) is 1. The van der Waals surface area contributed by atoms with Crippen LogP contribution in [0.2, 0.25) is 0 Å². The van der Waals surface area contributed by atoms with Crippen LogP contribution in [0.15, 0.2) is 18.2 Å². The molecule has 2 N–H and O–H groups in total. The van der Waals surface area contributed by atoms with Gasteiger partial charge in [0, 0.05) is 13.2 Å². The number of hydrogen-bond acceptors (Lipinski definition) is 3. The monoisotopic (exact) mass is 235 g/mol. The molecule has 1 fully saturated rings. The SMILES string of the molecule is Cc1cccc(C(=O)NCC2CCCO2)c1O. The van der Waals surface area contributed by atoms with Gasteiger partial charge in [-0.3, -0.25) is 4.79 Å². The third kappa shape index (κ3) is 2.77. The van der Waals surface area contributed by atoms with Crippen LogP contribution < -0.4 is 5.32 Å². The molecule has 1 saturated heterocycles. The fraction of sp³-hybridized carbons (Fsp3) is 0.462. The normalized spacial score (nSPS) is 19.2. The number of rotatable bonds is 3. The van der Waals surface area contributed by atoms with Crippen molar-refractivity contribution >= 4 is 5.91 Å². The highest BCUT2D eigenvalue weighted by Crippen LogP contribution is 2.21. The molecule has 92 valence electrons. The number of para-hydroxylation sites is 1. The van der Waals surface area contributed by atoms with Crippen molar-refractivity contribution in [2.24, 2.45) is 0 Å². The lowest BCUT2D eigenvalue weighted by Gasteiger charge is -2.12. The summed E-state index contributed by atoms with van der Waals surface area (Å²) in [5.74, 6) is -0.195. The van der Waals surface area contributed by atoms with E-state index in [0.29, 0.717) is 17.7 Å². The van der Waals surface area contributed by atoms with Crippen molar-refractivity contribution < 1.29 is 14.6 Å². The molecular weight excluding hydrogens is 218 g/mol. The van der Waals surface area contributed by atoms with Gasteiger partial charge in [0.1, 0.15) is 5.75 Å². The smallest absolute Gasteiger partial charge is 0.255 e. The zero-order chi connectivity index (χ0) is 12.3. The van der Waals surface area contributed by atoms with Gasteiger partial charge in [0.2, 0.25) is 0 Å². The maximum Gasteiger partial charge on any atom is 0.255 e. The third-order valence-electron chi connectivity index (χ3n) is 3.00. The van der Waals surface area contributed by atoms with Gasteiger partial charge in [-0.2, -0.15) is 0 Å². The number of ether oxygens (including phenoxy) is 1. The van der Waals surface area contributed by atoms with Gasteiger partial charge in [0.05, 0.1) is 11.7 Å². The van der Waals surface area contributed by atoms with E-state index in [-0.39, 0.29) is 17.8 Å². The van der Waals surface area contributed by atoms with Crippen LogP contribution in [0.1, 0.15) is 28.8 Å². The molecule has 1 aromatic rings. The second-order valence-corrected chi connectivity index (χ2v) is 4.32. The largest absolute Gasteiger partial charge is 0.507 e. The van der Waals surface area contributed by atoms with Gasteiger partial charge < -0.3 is 15.2 Å². The van der Waals surface area contributed by atoms with Crippen molar-refractivity contribution in [1.29, 1.82) is 0 Å². The first-order chi connectivity index (χ1) is 8.18. The van der Waals surface area contributed by atoms with Crippen LogP contribution in [0.5, 0.6) is 5.75 Å². The summed E-state index contributed by atoms with van der Waals surface area (Å²) in [6.07, 6.45) is 2.15. The molecule has 0 aliphatic carbocycles. The molecule has 1 aliphatic rings. The number of carbonyl (C=O) groups excluding carboxylic acids is 1. The molecule has 1 aliphatic heterocycles. The maximum atomic E-state index is 11.8. The minimum Gasteiger partial charge on any atom is -0.507 e. The third-order valence-corrected chi connectivity index (χ3v) is 3.00. The van der Waals surface area contributed by atoms with E-state index in [2.05, 4.69) is 5.32 Å². The number of phenolic OH excluding ortho intramolecular Hbond substituents is 1. The average molecular weight is 235 g/mol. The molecule has 1 atom stereocenters. The van der Waals surface area contributed by atoms with Gasteiger partial charge in [-0.25, -0.2) is 0 Å². The molecular formula is C13H17NO3. The molecule has 1 unspecified atom stereocenters. The summed E-state index contributed by atoms with van der Waals surface area (Å²) in [4.78, 5) is 11.8. The highest BCUT2D eigenvalue weighted by atomic mass is 16.5. The predicted octanol–water partition coefficient (Wildman–Crippen LogP) is 1.61. The Morgan fingerprint density at radius 3 is 3.12 bits per heavy atom. The van der Waals surface area contributed by atoms with Gasteiger partial charge in [-0.1, -0.05) is 12.1 Å². The first-order valence-corrected chi connectivity index (χ1v) is 5.87. The van der Waals surface area contributed by atoms with Crippen molar-refractivity contribution in [2.45, 2.75) is 25.9 Å². The number of aryl methyl sites for hydroxylation is 1. The van der Waals surface area contributed by atoms with Crippen molar-refractivity contribution in [3.63, 3.8) is 0 Å². The fourth-order valence-electron chi connectivity index (χ4n) is 1.95. The molecule has 1 heterocycles. The minimum atomic E-state index is -0.248. The van der Waals surface area contributed by atoms with Gasteiger partial charge in [0.15, 0.2) is 0 Å². The first-order valence-electron chi connectivity index (χ1n) is 5.87. The second-order valence-electron chi connectivity index (χ2n) is 4.32. The molecule has 1 aromatic carbocycles. The number of benzene rings is 1. The Morgan fingerprint density at radius 2 is 2.41 bits per heavy atom. The van der Waals surface area contributed by atoms with Crippen LogP contribution >= 0.6 is 0 Å². The summed E-state index contributed by atoms with van der Waals surface area (Å²) in [5.41, 5.74) is 1.03. The standard InChI is InChI=1S/C13H17NO3/c1-9-4-2-6-11(12(9)15)13(16)14-8-10-5-3-7-17-10/h2,4,6,10,15H,3,5,7-8H2,1H3,(H,14,16). The van der Waals surface area contributed by atoms with E-state index in [4.69, 9.17) is 4.74 Å². The van der Waals surface area contributed by atoms with Gasteiger partial charge in [-0.05, 0) is 31.4 Å². The molecule has 17 heavy (non-hydrogen) atoms. The fourth-order valence-corrected chi connectivity index (χ4v) is 1.95. The van der Waals surface area contributed by atoms with Crippen molar-refractivity contribution in [3.05, 3.63) is 29.3 Å². The Morgan fingerprint density at radius 1 is 1.59 bits per heavy atom. The summed E-state index contributed by atoms with van der Waals surface area (Å²) in [5, 5.41) is 12.6. The summed E-state index contributed by atoms with van der Waals surface area (Å²) in [6.45, 7) is 3.05. The van der Waals surface area contributed by atoms with E-state index < -0.39 is 0 Å². The average Bonchev–Trinajstić information content (AvgIpc) is 2.82. The van der Waals surface area contributed by atoms with E-state index in [1.807, 2.05) is 0 Å². The molecule has 4 heteroatoms. The summed E-state index contributed by atoms with van der Waals surface area (Å²) < 4.78 is 5.42. The van der Waals surface area contributed by atoms with Crippen LogP contribution in [0, 0.1) is 6.92 Å². The molecule has 0 saturated carbocycles. The van der Waals surface area contributed by atoms with E-state index in [1.54, 1.807) is 25.1 Å². The molecule has 0 spiro atoms. The van der Waals surface area contributed by atoms with Gasteiger partial charge >= 0.3 is 0 Å². The maximum absolute atomic E-state index is 11.8. The number of phenols is 1. The molecule has 4 nitrogen and oxygen atoms in total. The van der Waals surface area contributed by atoms with Crippen LogP contribution in [0.25, 0.3) is 0 Å². The van der Waals surface area contributed by atoms with Crippen LogP contribution in [-0.2, 0) is 4.74 Å². The zero-order valence-electron chi connectivity index (χ0n) is 9.90. The lowest BCUT2D eigenvalue weighted by Crippen LogP contribution is -2.31. The predicted molar refractivity (Wildman–Crippen MR) is 64.2 cm³/mol. The topological polar surface area (TPSA) is 58.6 Å². The number of aromatic hydroxyl groups is 1. The highest BCUT2D eigenvalue weighted by molar-refractivity contribution is 5.97. The van der Waals surface area contributed by atoms with E-state index in [1.165, 1.54) is 0 Å². The van der Waals surface area contributed by atoms with E-state index in [0.717, 1.165) is 19.4 Å². The van der Waals surface area contributed by atoms with E-state index >= 15 is 0 Å². The number of hydrogen-bond donors (Lipinski definition) is 2. The van der Waals surface area contributed by atoms with Gasteiger partial charge in [-0.15, -0.1) is 0 Å². The van der Waals surface area contributed by atoms with Crippen molar-refractivity contribution in [1.82, 2.24) is 5.32 Å². The quantitative estimate of drug-likeness (QED) is 0.836. The van der Waals surface area contributed by atoms with Crippen LogP contribution in [-0.4, -0.2) is 30.3 Å². The van der Waals surface area contributed by atoms with Crippen molar-refractivity contribution in [3.8, 4) is 5.75 Å². The molecule has 1 amide bonds. The molecule has 0 bridgehead atoms. The summed E-state index contributed by atoms with van der Waals surface area (Å²) >= 11 is 0. The Bertz CT molecular complexity index is 411. The Labute approximate surface area is 101 Å². The van der Waals surface area contributed by atoms with Gasteiger partial charge in [0.25, 0.3) is 5.91 Å². The Kier molecular flexibility index (Phi) is 3.64. The zero-order valence-corrected chi connectivity index (χ0v) is 9.90. The summed E-state index contributed by atoms with van der Waals surface area (Å²) in [7, 11) is 0. The minimum absolute atomic E-state index is 0.0531. The highest BCUT2D eigenvalue weighted by Gasteiger charge is 2.18. The van der Waals surface area contributed by atoms with Crippen LogP contribution in [0.4, 0.5) is 0 Å². The molecule has 2 rings (SSSR count). The first kappa shape index (κ1) is 11.9. The Balaban J connectivity index is 1.97. The molecule has 0 radical (unpaired) electrons. The Hall–Kier alpha value is -1.55.